The molecular formula is C96H68B2. The Morgan fingerprint density at radius 1 is 0.194 bits per heavy atom. The van der Waals surface area contributed by atoms with Gasteiger partial charge < -0.3 is 0 Å². The van der Waals surface area contributed by atoms with E-state index in [-0.39, 0.29) is 24.3 Å². The van der Waals surface area contributed by atoms with Crippen LogP contribution in [0.1, 0.15) is 52.7 Å². The normalized spacial score (nSPS) is 13.0. The monoisotopic (exact) mass is 1240 g/mol. The Labute approximate surface area is 575 Å². The quantitative estimate of drug-likeness (QED) is 0.105. The molecule has 0 spiro atoms. The zero-order valence-corrected chi connectivity index (χ0v) is 56.0. The van der Waals surface area contributed by atoms with Crippen molar-refractivity contribution in [3.05, 3.63) is 314 Å². The van der Waals surface area contributed by atoms with Gasteiger partial charge in [0.25, 0.3) is 0 Å². The minimum absolute atomic E-state index is 0.0121. The molecule has 458 valence electrons. The van der Waals surface area contributed by atoms with E-state index in [0.717, 1.165) is 0 Å². The fraction of sp³-hybridized carbons (Fsp3) is 0.0833. The molecule has 0 amide bonds. The van der Waals surface area contributed by atoms with Crippen LogP contribution >= 0.6 is 0 Å². The van der Waals surface area contributed by atoms with E-state index in [0.29, 0.717) is 0 Å². The van der Waals surface area contributed by atoms with Crippen LogP contribution in [0, 0.1) is 0 Å². The Balaban J connectivity index is 1.06. The van der Waals surface area contributed by atoms with E-state index in [1.807, 2.05) is 0 Å². The summed E-state index contributed by atoms with van der Waals surface area (Å²) in [5, 5.41) is 8.01. The molecule has 0 aliphatic carbocycles. The largest absolute Gasteiger partial charge is 0.244 e. The summed E-state index contributed by atoms with van der Waals surface area (Å²) in [6.07, 6.45) is 0. The highest BCUT2D eigenvalue weighted by Crippen LogP contribution is 2.56. The second-order valence-electron chi connectivity index (χ2n) is 30.1. The average molecular weight is 1240 g/mol. The lowest BCUT2D eigenvalue weighted by atomic mass is 9.34. The highest BCUT2D eigenvalue weighted by molar-refractivity contribution is 7.03. The first-order valence-corrected chi connectivity index (χ1v) is 35.0. The van der Waals surface area contributed by atoms with Gasteiger partial charge in [-0.2, -0.15) is 0 Å². The van der Waals surface area contributed by atoms with Crippen molar-refractivity contribution in [1.29, 1.82) is 0 Å². The lowest BCUT2D eigenvalue weighted by Crippen LogP contribution is -2.53. The van der Waals surface area contributed by atoms with E-state index in [2.05, 4.69) is 345 Å². The van der Waals surface area contributed by atoms with Crippen molar-refractivity contribution in [2.24, 2.45) is 0 Å². The first kappa shape index (κ1) is 57.0. The molecule has 0 atom stereocenters. The molecule has 4 aliphatic rings. The summed E-state index contributed by atoms with van der Waals surface area (Å²) < 4.78 is 0. The van der Waals surface area contributed by atoms with E-state index < -0.39 is 0 Å². The molecule has 16 aromatic rings. The second kappa shape index (κ2) is 21.1. The van der Waals surface area contributed by atoms with Crippen LogP contribution in [0.4, 0.5) is 0 Å². The van der Waals surface area contributed by atoms with E-state index in [4.69, 9.17) is 0 Å². The minimum atomic E-state index is -0.131. The van der Waals surface area contributed by atoms with E-state index in [1.54, 1.807) is 0 Å². The van der Waals surface area contributed by atoms with Crippen LogP contribution < -0.4 is 32.8 Å². The highest BCUT2D eigenvalue weighted by Gasteiger charge is 2.46. The number of hydrogen-bond acceptors (Lipinski definition) is 0. The lowest BCUT2D eigenvalue weighted by Gasteiger charge is -2.34. The molecule has 0 unspecified atom stereocenters. The fourth-order valence-corrected chi connectivity index (χ4v) is 18.0. The van der Waals surface area contributed by atoms with E-state index in [1.165, 1.54) is 210 Å². The van der Waals surface area contributed by atoms with Crippen molar-refractivity contribution < 1.29 is 0 Å². The van der Waals surface area contributed by atoms with Crippen molar-refractivity contribution in [2.75, 3.05) is 0 Å². The van der Waals surface area contributed by atoms with Crippen LogP contribution in [0.5, 0.6) is 0 Å². The topological polar surface area (TPSA) is 0 Å². The SMILES string of the molecule is CC(C)(C)c1cc2c3c(c1)-c1cc(-c4c(-c5ccccc5)cc(-c5ccccc5)cc4-c4ccccc4)c4cc5c6c(cc(-c7c(-c8ccccc8)cc(-c8ccccc8)cc7-c7ccccc7)c7cc(c1c4c76)B3c1ccccc1-2)-c1cc(C(C)(C)C)cc2c1B5c1ccccc1-2. The Hall–Kier alpha value is -11.3. The summed E-state index contributed by atoms with van der Waals surface area (Å²) in [6, 6.07) is 117. The Kier molecular flexibility index (Phi) is 12.3. The molecule has 0 fully saturated rings. The molecule has 2 heteroatoms. The summed E-state index contributed by atoms with van der Waals surface area (Å²) >= 11 is 0. The predicted molar refractivity (Wildman–Crippen MR) is 422 cm³/mol. The second-order valence-corrected chi connectivity index (χ2v) is 30.1. The average Bonchev–Trinajstić information content (AvgIpc) is 1.18. The van der Waals surface area contributed by atoms with Gasteiger partial charge in [0.1, 0.15) is 0 Å². The Morgan fingerprint density at radius 2 is 0.469 bits per heavy atom. The van der Waals surface area contributed by atoms with Crippen molar-refractivity contribution in [1.82, 2.24) is 0 Å². The van der Waals surface area contributed by atoms with Gasteiger partial charge in [-0.25, -0.2) is 0 Å². The minimum Gasteiger partial charge on any atom is -0.0664 e. The van der Waals surface area contributed by atoms with Gasteiger partial charge in [-0.3, -0.25) is 0 Å². The molecule has 0 aromatic heterocycles. The number of rotatable bonds is 8. The molecule has 0 radical (unpaired) electrons. The zero-order chi connectivity index (χ0) is 65.4. The molecule has 20 rings (SSSR count). The van der Waals surface area contributed by atoms with Gasteiger partial charge in [-0.05, 0) is 224 Å². The van der Waals surface area contributed by atoms with Crippen LogP contribution in [0.15, 0.2) is 303 Å². The highest BCUT2D eigenvalue weighted by atomic mass is 14.4. The lowest BCUT2D eigenvalue weighted by molar-refractivity contribution is 0.590. The van der Waals surface area contributed by atoms with Gasteiger partial charge in [0, 0.05) is 0 Å². The molecule has 0 saturated heterocycles. The molecule has 0 N–H and O–H groups in total. The third-order valence-electron chi connectivity index (χ3n) is 22.5. The first-order chi connectivity index (χ1) is 47.9. The van der Waals surface area contributed by atoms with Crippen LogP contribution in [0.25, 0.3) is 166 Å². The third-order valence-corrected chi connectivity index (χ3v) is 22.5. The van der Waals surface area contributed by atoms with E-state index >= 15 is 0 Å². The number of benzene rings is 16. The molecule has 4 aliphatic heterocycles. The molecule has 4 heterocycles. The summed E-state index contributed by atoms with van der Waals surface area (Å²) in [4.78, 5) is 0. The predicted octanol–water partition coefficient (Wildman–Crippen LogP) is 21.5. The van der Waals surface area contributed by atoms with E-state index in [9.17, 15) is 0 Å². The van der Waals surface area contributed by atoms with Gasteiger partial charge in [-0.15, -0.1) is 0 Å². The third kappa shape index (κ3) is 8.34. The first-order valence-electron chi connectivity index (χ1n) is 35.0. The van der Waals surface area contributed by atoms with Gasteiger partial charge in [-0.1, -0.05) is 341 Å². The maximum atomic E-state index is 2.74. The van der Waals surface area contributed by atoms with Gasteiger partial charge >= 0.3 is 0 Å². The number of hydrogen-bond donors (Lipinski definition) is 0. The maximum absolute atomic E-state index is 2.74. The van der Waals surface area contributed by atoms with Crippen LogP contribution in [0.3, 0.4) is 0 Å². The van der Waals surface area contributed by atoms with Crippen molar-refractivity contribution in [2.45, 2.75) is 52.4 Å². The number of fused-ring (bicyclic) bond motifs is 10. The van der Waals surface area contributed by atoms with Crippen LogP contribution in [-0.4, -0.2) is 13.4 Å². The standard InChI is InChI=1S/C96H68B2/c1-95(2,3)65-49-79-67-41-25-27-43-83(67)97-85-55-78-74(88-71(61-37-21-11-22-38-61)47-64(58-31-15-8-16-32-58)48-72(88)62-39-23-12-24-40-62)54-76-82-52-66(96(4,5)6)50-80-68-42-26-28-44-84(68)98(94(80)82)86-56-77-73(53-75(81(51-65)93(79)97)89(85)91(77)92(78)90(76)86)87-69(59-33-17-9-18-34-59)45-63(57-29-13-7-14-30-57)46-70(87)60-35-19-10-20-36-60/h7-56H,1-6H3. The molecule has 16 aromatic carbocycles. The van der Waals surface area contributed by atoms with Gasteiger partial charge in [0.2, 0.25) is 13.4 Å². The van der Waals surface area contributed by atoms with Gasteiger partial charge in [0.15, 0.2) is 0 Å². The summed E-state index contributed by atoms with van der Waals surface area (Å²) in [7, 11) is 0. The Bertz CT molecular complexity index is 5520. The fourth-order valence-electron chi connectivity index (χ4n) is 18.0. The zero-order valence-electron chi connectivity index (χ0n) is 56.0. The summed E-state index contributed by atoms with van der Waals surface area (Å²) in [5.74, 6) is 0. The van der Waals surface area contributed by atoms with Crippen molar-refractivity contribution in [3.8, 4) is 134 Å². The summed E-state index contributed by atoms with van der Waals surface area (Å²) in [6.45, 7) is 14.4. The van der Waals surface area contributed by atoms with Gasteiger partial charge in [0.05, 0.1) is 0 Å². The molecule has 0 saturated carbocycles. The maximum Gasteiger partial charge on any atom is 0.244 e. The van der Waals surface area contributed by atoms with Crippen LogP contribution in [0.2, 0.25) is 0 Å². The van der Waals surface area contributed by atoms with Crippen LogP contribution in [-0.2, 0) is 10.8 Å². The Morgan fingerprint density at radius 3 is 0.776 bits per heavy atom. The smallest absolute Gasteiger partial charge is 0.0664 e. The molecule has 0 nitrogen and oxygen atoms in total. The molecular weight excluding hydrogens is 1170 g/mol. The molecule has 98 heavy (non-hydrogen) atoms. The molecule has 0 bridgehead atoms. The summed E-state index contributed by atoms with van der Waals surface area (Å²) in [5.41, 5.74) is 40.9. The van der Waals surface area contributed by atoms with Crippen molar-refractivity contribution >= 4 is 78.5 Å². The van der Waals surface area contributed by atoms with Crippen molar-refractivity contribution in [3.63, 3.8) is 0 Å².